The molecule has 0 bridgehead atoms. The minimum atomic E-state index is 0.586. The van der Waals surface area contributed by atoms with Gasteiger partial charge in [-0.2, -0.15) is 0 Å². The van der Waals surface area contributed by atoms with Crippen molar-refractivity contribution in [2.45, 2.75) is 13.5 Å². The smallest absolute Gasteiger partial charge is 0.175 e. The fourth-order valence-electron chi connectivity index (χ4n) is 2.35. The van der Waals surface area contributed by atoms with Gasteiger partial charge in [0.15, 0.2) is 16.2 Å². The lowest BCUT2D eigenvalue weighted by atomic mass is 10.0. The van der Waals surface area contributed by atoms with Gasteiger partial charge >= 0.3 is 0 Å². The van der Waals surface area contributed by atoms with Gasteiger partial charge in [-0.1, -0.05) is 0 Å². The third-order valence-electron chi connectivity index (χ3n) is 3.25. The van der Waals surface area contributed by atoms with Crippen LogP contribution in [-0.4, -0.2) is 30.2 Å². The Labute approximate surface area is 125 Å². The van der Waals surface area contributed by atoms with E-state index in [1.165, 1.54) is 0 Å². The molecule has 0 spiro atoms. The normalized spacial score (nSPS) is 13.6. The van der Waals surface area contributed by atoms with Crippen LogP contribution < -0.4 is 14.8 Å². The summed E-state index contributed by atoms with van der Waals surface area (Å²) in [5.74, 6) is 1.59. The average Bonchev–Trinajstić information content (AvgIpc) is 2.79. The first-order valence-corrected chi connectivity index (χ1v) is 7.28. The maximum absolute atomic E-state index is 5.66. The van der Waals surface area contributed by atoms with Gasteiger partial charge in [0.25, 0.3) is 0 Å². The predicted octanol–water partition coefficient (Wildman–Crippen LogP) is 2.64. The second kappa shape index (κ2) is 5.46. The van der Waals surface area contributed by atoms with Crippen molar-refractivity contribution in [2.24, 2.45) is 0 Å². The minimum absolute atomic E-state index is 0.586. The van der Waals surface area contributed by atoms with Gasteiger partial charge < -0.3 is 19.8 Å². The molecule has 20 heavy (non-hydrogen) atoms. The van der Waals surface area contributed by atoms with E-state index < -0.39 is 0 Å². The van der Waals surface area contributed by atoms with Crippen molar-refractivity contribution in [3.8, 4) is 22.8 Å². The Kier molecular flexibility index (Phi) is 3.67. The molecule has 0 aliphatic carbocycles. The van der Waals surface area contributed by atoms with Gasteiger partial charge in [0, 0.05) is 12.1 Å². The Balaban J connectivity index is 2.09. The van der Waals surface area contributed by atoms with Crippen molar-refractivity contribution in [3.05, 3.63) is 28.1 Å². The molecule has 5 nitrogen and oxygen atoms in total. The number of halogens is 1. The molecule has 6 heteroatoms. The van der Waals surface area contributed by atoms with E-state index in [9.17, 15) is 0 Å². The lowest BCUT2D eigenvalue weighted by Gasteiger charge is -2.20. The molecule has 1 aliphatic rings. The summed E-state index contributed by atoms with van der Waals surface area (Å²) in [6.07, 6.45) is 0. The van der Waals surface area contributed by atoms with E-state index in [0.717, 1.165) is 45.3 Å². The number of aryl methyl sites for hydroxylation is 1. The first-order valence-electron chi connectivity index (χ1n) is 6.48. The summed E-state index contributed by atoms with van der Waals surface area (Å²) in [6.45, 7) is 3.97. The van der Waals surface area contributed by atoms with Crippen molar-refractivity contribution in [1.82, 2.24) is 15.3 Å². The summed E-state index contributed by atoms with van der Waals surface area (Å²) in [5.41, 5.74) is 4.15. The zero-order valence-corrected chi connectivity index (χ0v) is 13.0. The quantitative estimate of drug-likeness (QED) is 0.903. The maximum atomic E-state index is 5.66. The maximum Gasteiger partial charge on any atom is 0.175 e. The number of ether oxygens (including phenoxy) is 2. The Hall–Kier alpha value is -1.53. The van der Waals surface area contributed by atoms with E-state index in [4.69, 9.17) is 9.47 Å². The zero-order chi connectivity index (χ0) is 14.1. The van der Waals surface area contributed by atoms with Crippen LogP contribution in [0.3, 0.4) is 0 Å². The van der Waals surface area contributed by atoms with Crippen LogP contribution in [0.25, 0.3) is 11.3 Å². The van der Waals surface area contributed by atoms with Crippen molar-refractivity contribution in [1.29, 1.82) is 0 Å². The molecule has 0 saturated carbocycles. The standard InChI is InChI=1S/C14H16BrN3O2/c1-8-5-11-12(20-4-3-19-11)6-9(8)13-10(7-16-2)17-14(15)18-13/h5-6,16H,3-4,7H2,1-2H3,(H,17,18). The SMILES string of the molecule is CNCc1[nH]c(Br)nc1-c1cc2c(cc1C)OCCO2. The van der Waals surface area contributed by atoms with Crippen LogP contribution >= 0.6 is 15.9 Å². The molecule has 2 heterocycles. The van der Waals surface area contributed by atoms with Gasteiger partial charge in [-0.05, 0) is 47.6 Å². The highest BCUT2D eigenvalue weighted by atomic mass is 79.9. The van der Waals surface area contributed by atoms with Crippen molar-refractivity contribution in [3.63, 3.8) is 0 Å². The van der Waals surface area contributed by atoms with Crippen LogP contribution in [-0.2, 0) is 6.54 Å². The number of hydrogen-bond donors (Lipinski definition) is 2. The number of nitrogens with zero attached hydrogens (tertiary/aromatic N) is 1. The van der Waals surface area contributed by atoms with Gasteiger partial charge in [0.1, 0.15) is 13.2 Å². The van der Waals surface area contributed by atoms with Crippen LogP contribution in [0.5, 0.6) is 11.5 Å². The van der Waals surface area contributed by atoms with Gasteiger partial charge in [0.05, 0.1) is 11.4 Å². The number of nitrogens with one attached hydrogen (secondary N) is 2. The van der Waals surface area contributed by atoms with Gasteiger partial charge in [0.2, 0.25) is 0 Å². The Morgan fingerprint density at radius 3 is 2.70 bits per heavy atom. The Morgan fingerprint density at radius 1 is 1.30 bits per heavy atom. The van der Waals surface area contributed by atoms with Crippen LogP contribution in [0.15, 0.2) is 16.9 Å². The third kappa shape index (κ3) is 2.41. The summed E-state index contributed by atoms with van der Waals surface area (Å²) < 4.78 is 12.0. The molecular formula is C14H16BrN3O2. The van der Waals surface area contributed by atoms with Crippen molar-refractivity contribution < 1.29 is 9.47 Å². The van der Waals surface area contributed by atoms with Gasteiger partial charge in [-0.25, -0.2) is 4.98 Å². The second-order valence-electron chi connectivity index (χ2n) is 4.70. The molecule has 1 aromatic carbocycles. The monoisotopic (exact) mass is 337 g/mol. The number of aromatic amines is 1. The lowest BCUT2D eigenvalue weighted by molar-refractivity contribution is 0.171. The van der Waals surface area contributed by atoms with E-state index in [1.807, 2.05) is 19.2 Å². The Morgan fingerprint density at radius 2 is 2.00 bits per heavy atom. The molecule has 1 aliphatic heterocycles. The minimum Gasteiger partial charge on any atom is -0.486 e. The summed E-state index contributed by atoms with van der Waals surface area (Å²) in [6, 6.07) is 4.02. The fraction of sp³-hybridized carbons (Fsp3) is 0.357. The topological polar surface area (TPSA) is 59.2 Å². The first-order chi connectivity index (χ1) is 9.69. The van der Waals surface area contributed by atoms with E-state index in [2.05, 4.69) is 38.1 Å². The fourth-order valence-corrected chi connectivity index (χ4v) is 2.77. The number of aromatic nitrogens is 2. The van der Waals surface area contributed by atoms with Crippen LogP contribution in [0.4, 0.5) is 0 Å². The molecule has 0 fully saturated rings. The van der Waals surface area contributed by atoms with Crippen molar-refractivity contribution >= 4 is 15.9 Å². The second-order valence-corrected chi connectivity index (χ2v) is 5.45. The Bertz CT molecular complexity index is 640. The molecule has 3 rings (SSSR count). The van der Waals surface area contributed by atoms with E-state index in [1.54, 1.807) is 0 Å². The van der Waals surface area contributed by atoms with E-state index in [0.29, 0.717) is 13.2 Å². The summed E-state index contributed by atoms with van der Waals surface area (Å²) in [7, 11) is 1.91. The summed E-state index contributed by atoms with van der Waals surface area (Å²) in [4.78, 5) is 7.76. The number of imidazole rings is 1. The third-order valence-corrected chi connectivity index (χ3v) is 3.62. The molecule has 0 saturated heterocycles. The van der Waals surface area contributed by atoms with Crippen LogP contribution in [0, 0.1) is 6.92 Å². The number of benzene rings is 1. The van der Waals surface area contributed by atoms with E-state index in [-0.39, 0.29) is 0 Å². The van der Waals surface area contributed by atoms with Crippen molar-refractivity contribution in [2.75, 3.05) is 20.3 Å². The van der Waals surface area contributed by atoms with E-state index >= 15 is 0 Å². The first kappa shape index (κ1) is 13.5. The molecule has 2 aromatic rings. The molecule has 0 radical (unpaired) electrons. The molecule has 2 N–H and O–H groups in total. The molecule has 106 valence electrons. The molecule has 0 atom stereocenters. The lowest BCUT2D eigenvalue weighted by Crippen LogP contribution is -2.15. The highest BCUT2D eigenvalue weighted by molar-refractivity contribution is 9.10. The number of H-pyrrole nitrogens is 1. The summed E-state index contributed by atoms with van der Waals surface area (Å²) >= 11 is 3.40. The predicted molar refractivity (Wildman–Crippen MR) is 80.2 cm³/mol. The van der Waals surface area contributed by atoms with Crippen LogP contribution in [0.2, 0.25) is 0 Å². The zero-order valence-electron chi connectivity index (χ0n) is 11.4. The number of fused-ring (bicyclic) bond motifs is 1. The molecule has 1 aromatic heterocycles. The number of hydrogen-bond acceptors (Lipinski definition) is 4. The highest BCUT2D eigenvalue weighted by Crippen LogP contribution is 2.37. The largest absolute Gasteiger partial charge is 0.486 e. The average molecular weight is 338 g/mol. The molecule has 0 amide bonds. The molecule has 0 unspecified atom stereocenters. The molecular weight excluding hydrogens is 322 g/mol. The van der Waals surface area contributed by atoms with Gasteiger partial charge in [-0.15, -0.1) is 0 Å². The highest BCUT2D eigenvalue weighted by Gasteiger charge is 2.18. The van der Waals surface area contributed by atoms with Gasteiger partial charge in [-0.3, -0.25) is 0 Å². The van der Waals surface area contributed by atoms with Crippen LogP contribution in [0.1, 0.15) is 11.3 Å². The number of rotatable bonds is 3. The summed E-state index contributed by atoms with van der Waals surface area (Å²) in [5, 5.41) is 3.14.